The zero-order chi connectivity index (χ0) is 47.4. The smallest absolute Gasteiger partial charge is 0.306 e. The van der Waals surface area contributed by atoms with Gasteiger partial charge in [-0.25, -0.2) is 0 Å². The van der Waals surface area contributed by atoms with Crippen LogP contribution in [-0.4, -0.2) is 46.9 Å². The first-order valence-corrected chi connectivity index (χ1v) is 27.7. The number of carbonyl (C=O) groups excluding carboxylic acids is 2. The van der Waals surface area contributed by atoms with Gasteiger partial charge in [-0.1, -0.05) is 286 Å². The lowest BCUT2D eigenvalue weighted by atomic mass is 10.0. The molecule has 0 bridgehead atoms. The van der Waals surface area contributed by atoms with E-state index in [-0.39, 0.29) is 24.9 Å². The Labute approximate surface area is 402 Å². The molecule has 0 aromatic heterocycles. The molecule has 0 saturated carbocycles. The molecule has 3 unspecified atom stereocenters. The van der Waals surface area contributed by atoms with Gasteiger partial charge < -0.3 is 20.3 Å². The Balaban J connectivity index is 4.66. The molecule has 0 rings (SSSR count). The monoisotopic (exact) mass is 908 g/mol. The highest BCUT2D eigenvalue weighted by atomic mass is 16.5. The molecular formula is C59H105NO5. The summed E-state index contributed by atoms with van der Waals surface area (Å²) in [5.74, 6) is -0.542. The van der Waals surface area contributed by atoms with Crippen molar-refractivity contribution in [2.75, 3.05) is 6.61 Å². The van der Waals surface area contributed by atoms with Gasteiger partial charge >= 0.3 is 5.97 Å². The highest BCUT2D eigenvalue weighted by molar-refractivity contribution is 5.77. The van der Waals surface area contributed by atoms with E-state index in [1.54, 1.807) is 0 Å². The van der Waals surface area contributed by atoms with Crippen molar-refractivity contribution in [3.8, 4) is 0 Å². The fourth-order valence-electron chi connectivity index (χ4n) is 8.29. The zero-order valence-electron chi connectivity index (χ0n) is 42.9. The number of hydrogen-bond acceptors (Lipinski definition) is 5. The average Bonchev–Trinajstić information content (AvgIpc) is 3.30. The summed E-state index contributed by atoms with van der Waals surface area (Å²) in [4.78, 5) is 26.2. The molecule has 0 aromatic rings. The highest BCUT2D eigenvalue weighted by Gasteiger charge is 2.24. The van der Waals surface area contributed by atoms with Crippen LogP contribution in [0.4, 0.5) is 0 Å². The molecule has 0 aliphatic heterocycles. The first-order valence-electron chi connectivity index (χ1n) is 27.7. The molecule has 65 heavy (non-hydrogen) atoms. The van der Waals surface area contributed by atoms with Crippen LogP contribution in [0.15, 0.2) is 72.9 Å². The minimum atomic E-state index is -0.809. The SMILES string of the molecule is CC\C=C/C=C/C=C/C=C\C=C\C=C\CCCC(CC(=O)NC(CO)C(O)CCCCCCCCCCCCCCCC)OC(=O)CCCCCCCCCCCCCCCCCCC. The summed E-state index contributed by atoms with van der Waals surface area (Å²) in [6, 6.07) is -0.727. The number of esters is 1. The van der Waals surface area contributed by atoms with E-state index in [4.69, 9.17) is 4.74 Å². The molecule has 376 valence electrons. The Morgan fingerprint density at radius 3 is 1.23 bits per heavy atom. The van der Waals surface area contributed by atoms with Crippen LogP contribution < -0.4 is 5.32 Å². The molecule has 0 fully saturated rings. The zero-order valence-corrected chi connectivity index (χ0v) is 42.9. The first-order chi connectivity index (χ1) is 32.0. The molecule has 0 saturated heterocycles. The summed E-state index contributed by atoms with van der Waals surface area (Å²) >= 11 is 0. The van der Waals surface area contributed by atoms with Crippen LogP contribution in [0.2, 0.25) is 0 Å². The predicted octanol–water partition coefficient (Wildman–Crippen LogP) is 17.0. The Morgan fingerprint density at radius 2 is 0.831 bits per heavy atom. The number of rotatable bonds is 49. The largest absolute Gasteiger partial charge is 0.462 e. The van der Waals surface area contributed by atoms with Gasteiger partial charge in [-0.05, 0) is 38.5 Å². The third-order valence-corrected chi connectivity index (χ3v) is 12.5. The lowest BCUT2D eigenvalue weighted by molar-refractivity contribution is -0.151. The van der Waals surface area contributed by atoms with Crippen molar-refractivity contribution in [3.05, 3.63) is 72.9 Å². The fourth-order valence-corrected chi connectivity index (χ4v) is 8.29. The van der Waals surface area contributed by atoms with Crippen molar-refractivity contribution in [3.63, 3.8) is 0 Å². The molecule has 0 aromatic carbocycles. The van der Waals surface area contributed by atoms with Gasteiger partial charge in [0, 0.05) is 6.42 Å². The van der Waals surface area contributed by atoms with Gasteiger partial charge in [0.25, 0.3) is 0 Å². The van der Waals surface area contributed by atoms with E-state index in [1.165, 1.54) is 161 Å². The van der Waals surface area contributed by atoms with Gasteiger partial charge in [-0.3, -0.25) is 9.59 Å². The topological polar surface area (TPSA) is 95.9 Å². The molecule has 3 atom stereocenters. The van der Waals surface area contributed by atoms with Crippen LogP contribution in [0, 0.1) is 0 Å². The molecule has 3 N–H and O–H groups in total. The summed E-state index contributed by atoms with van der Waals surface area (Å²) in [5.41, 5.74) is 0. The Bertz CT molecular complexity index is 1200. The van der Waals surface area contributed by atoms with E-state index < -0.39 is 18.2 Å². The van der Waals surface area contributed by atoms with Gasteiger partial charge in [-0.15, -0.1) is 0 Å². The predicted molar refractivity (Wildman–Crippen MR) is 282 cm³/mol. The van der Waals surface area contributed by atoms with E-state index in [0.29, 0.717) is 19.3 Å². The molecule has 1 amide bonds. The summed E-state index contributed by atoms with van der Waals surface area (Å²) < 4.78 is 5.91. The van der Waals surface area contributed by atoms with Crippen LogP contribution in [0.1, 0.15) is 265 Å². The summed E-state index contributed by atoms with van der Waals surface area (Å²) in [6.45, 7) is 6.34. The maximum Gasteiger partial charge on any atom is 0.306 e. The maximum absolute atomic E-state index is 13.2. The Kier molecular flexibility index (Phi) is 50.1. The van der Waals surface area contributed by atoms with Gasteiger partial charge in [-0.2, -0.15) is 0 Å². The number of nitrogens with one attached hydrogen (secondary N) is 1. The lowest BCUT2D eigenvalue weighted by Crippen LogP contribution is -2.46. The van der Waals surface area contributed by atoms with E-state index >= 15 is 0 Å². The van der Waals surface area contributed by atoms with Crippen molar-refractivity contribution in [2.24, 2.45) is 0 Å². The second-order valence-electron chi connectivity index (χ2n) is 18.8. The van der Waals surface area contributed by atoms with Crippen molar-refractivity contribution < 1.29 is 24.5 Å². The van der Waals surface area contributed by atoms with E-state index in [9.17, 15) is 19.8 Å². The van der Waals surface area contributed by atoms with Crippen molar-refractivity contribution in [1.82, 2.24) is 5.32 Å². The van der Waals surface area contributed by atoms with E-state index in [0.717, 1.165) is 57.8 Å². The molecule has 0 aliphatic rings. The second kappa shape index (κ2) is 52.3. The van der Waals surface area contributed by atoms with Crippen LogP contribution >= 0.6 is 0 Å². The number of allylic oxidation sites excluding steroid dienone is 12. The van der Waals surface area contributed by atoms with Crippen LogP contribution in [0.5, 0.6) is 0 Å². The molecule has 6 heteroatoms. The highest BCUT2D eigenvalue weighted by Crippen LogP contribution is 2.18. The number of amides is 1. The Hall–Kier alpha value is -2.70. The third-order valence-electron chi connectivity index (χ3n) is 12.5. The normalized spacial score (nSPS) is 13.7. The van der Waals surface area contributed by atoms with Crippen LogP contribution in [0.25, 0.3) is 0 Å². The van der Waals surface area contributed by atoms with E-state index in [2.05, 4.69) is 38.2 Å². The van der Waals surface area contributed by atoms with Gasteiger partial charge in [0.1, 0.15) is 6.10 Å². The lowest BCUT2D eigenvalue weighted by Gasteiger charge is -2.24. The molecule has 6 nitrogen and oxygen atoms in total. The number of carbonyl (C=O) groups is 2. The third kappa shape index (κ3) is 47.6. The van der Waals surface area contributed by atoms with Crippen LogP contribution in [0.3, 0.4) is 0 Å². The average molecular weight is 908 g/mol. The molecule has 0 spiro atoms. The number of unbranched alkanes of at least 4 members (excludes halogenated alkanes) is 30. The minimum Gasteiger partial charge on any atom is -0.462 e. The van der Waals surface area contributed by atoms with Crippen molar-refractivity contribution in [2.45, 2.75) is 283 Å². The summed E-state index contributed by atoms with van der Waals surface area (Å²) in [6.07, 6.45) is 66.8. The Morgan fingerprint density at radius 1 is 0.462 bits per heavy atom. The second-order valence-corrected chi connectivity index (χ2v) is 18.8. The maximum atomic E-state index is 13.2. The first kappa shape index (κ1) is 62.3. The molecule has 0 radical (unpaired) electrons. The van der Waals surface area contributed by atoms with Gasteiger partial charge in [0.15, 0.2) is 0 Å². The van der Waals surface area contributed by atoms with Crippen LogP contribution in [-0.2, 0) is 14.3 Å². The summed E-state index contributed by atoms with van der Waals surface area (Å²) in [7, 11) is 0. The van der Waals surface area contributed by atoms with Crippen molar-refractivity contribution >= 4 is 11.9 Å². The fraction of sp³-hybridized carbons (Fsp3) is 0.763. The quantitative estimate of drug-likeness (QED) is 0.0321. The number of hydrogen-bond donors (Lipinski definition) is 3. The van der Waals surface area contributed by atoms with Gasteiger partial charge in [0.2, 0.25) is 5.91 Å². The molecular weight excluding hydrogens is 803 g/mol. The van der Waals surface area contributed by atoms with Gasteiger partial charge in [0.05, 0.1) is 25.2 Å². The summed E-state index contributed by atoms with van der Waals surface area (Å²) in [5, 5.41) is 23.8. The standard InChI is InChI=1S/C59H105NO5/c1-4-7-10-13-16-19-22-25-28-29-31-34-37-40-43-46-49-52-59(64)65-55(50-47-44-41-38-35-32-30-26-23-20-17-14-11-8-5-2)53-58(63)60-56(54-61)57(62)51-48-45-42-39-36-33-27-24-21-18-15-12-9-6-3/h8,11,14,17,20,23,26,30,32,35,38,41,55-57,61-62H,4-7,9-10,12-13,15-16,18-19,21-22,24-25,27-29,31,33-34,36-37,39-40,42-54H2,1-3H3,(H,60,63)/b11-8-,17-14+,23-20+,30-26-,35-32+,41-38+. The molecule has 0 heterocycles. The molecule has 0 aliphatic carbocycles. The number of aliphatic hydroxyl groups is 2. The van der Waals surface area contributed by atoms with E-state index in [1.807, 2.05) is 60.8 Å². The number of aliphatic hydroxyl groups excluding tert-OH is 2. The van der Waals surface area contributed by atoms with Crippen molar-refractivity contribution in [1.29, 1.82) is 0 Å². The number of ether oxygens (including phenoxy) is 1. The minimum absolute atomic E-state index is 0.0267.